The molecule has 0 aromatic carbocycles. The monoisotopic (exact) mass is 247 g/mol. The smallest absolute Gasteiger partial charge is 0.254 e. The van der Waals surface area contributed by atoms with Crippen LogP contribution in [0.25, 0.3) is 0 Å². The van der Waals surface area contributed by atoms with E-state index in [2.05, 4.69) is 24.1 Å². The molecule has 1 amide bonds. The zero-order valence-electron chi connectivity index (χ0n) is 11.4. The van der Waals surface area contributed by atoms with Crippen LogP contribution in [0.4, 0.5) is 5.82 Å². The Balaban J connectivity index is 2.20. The van der Waals surface area contributed by atoms with Gasteiger partial charge in [0.25, 0.3) is 5.91 Å². The summed E-state index contributed by atoms with van der Waals surface area (Å²) < 4.78 is 0. The molecular formula is C14H21N3O. The van der Waals surface area contributed by atoms with Gasteiger partial charge in [0.05, 0.1) is 0 Å². The second-order valence-electron chi connectivity index (χ2n) is 5.33. The number of nitrogens with one attached hydrogen (secondary N) is 1. The first-order valence-corrected chi connectivity index (χ1v) is 6.56. The van der Waals surface area contributed by atoms with Crippen LogP contribution in [0.3, 0.4) is 0 Å². The third kappa shape index (κ3) is 2.47. The average molecular weight is 247 g/mol. The van der Waals surface area contributed by atoms with Crippen molar-refractivity contribution in [2.45, 2.75) is 39.2 Å². The van der Waals surface area contributed by atoms with Crippen molar-refractivity contribution in [1.29, 1.82) is 0 Å². The highest BCUT2D eigenvalue weighted by molar-refractivity contribution is 5.95. The summed E-state index contributed by atoms with van der Waals surface area (Å²) in [6, 6.07) is 3.62. The molecule has 4 heteroatoms. The predicted molar refractivity (Wildman–Crippen MR) is 72.8 cm³/mol. The van der Waals surface area contributed by atoms with Gasteiger partial charge in [-0.25, -0.2) is 4.98 Å². The molecule has 1 aromatic rings. The molecule has 0 atom stereocenters. The summed E-state index contributed by atoms with van der Waals surface area (Å²) in [6.45, 7) is 7.93. The first-order chi connectivity index (χ1) is 8.54. The molecular weight excluding hydrogens is 226 g/mol. The van der Waals surface area contributed by atoms with Crippen molar-refractivity contribution in [3.05, 3.63) is 23.9 Å². The molecule has 0 aliphatic carbocycles. The Morgan fingerprint density at radius 3 is 2.94 bits per heavy atom. The Morgan fingerprint density at radius 1 is 1.56 bits per heavy atom. The summed E-state index contributed by atoms with van der Waals surface area (Å²) >= 11 is 0. The highest BCUT2D eigenvalue weighted by atomic mass is 16.2. The quantitative estimate of drug-likeness (QED) is 0.892. The molecule has 0 unspecified atom stereocenters. The fourth-order valence-corrected chi connectivity index (χ4v) is 2.48. The zero-order valence-corrected chi connectivity index (χ0v) is 11.4. The molecule has 0 radical (unpaired) electrons. The number of nitrogens with zero attached hydrogens (tertiary/aromatic N) is 2. The van der Waals surface area contributed by atoms with Crippen molar-refractivity contribution in [2.24, 2.45) is 0 Å². The molecule has 1 saturated heterocycles. The molecule has 18 heavy (non-hydrogen) atoms. The molecule has 2 rings (SSSR count). The lowest BCUT2D eigenvalue weighted by Gasteiger charge is -2.31. The van der Waals surface area contributed by atoms with Gasteiger partial charge in [-0.15, -0.1) is 0 Å². The number of aromatic nitrogens is 1. The van der Waals surface area contributed by atoms with Gasteiger partial charge < -0.3 is 10.2 Å². The summed E-state index contributed by atoms with van der Waals surface area (Å²) in [6.07, 6.45) is 3.85. The maximum absolute atomic E-state index is 12.5. The lowest BCUT2D eigenvalue weighted by Crippen LogP contribution is -2.42. The molecule has 0 saturated carbocycles. The molecule has 0 spiro atoms. The first-order valence-electron chi connectivity index (χ1n) is 6.56. The third-order valence-electron chi connectivity index (χ3n) is 3.51. The van der Waals surface area contributed by atoms with Gasteiger partial charge >= 0.3 is 0 Å². The minimum absolute atomic E-state index is 0.0291. The minimum atomic E-state index is -0.0291. The van der Waals surface area contributed by atoms with E-state index in [9.17, 15) is 4.79 Å². The van der Waals surface area contributed by atoms with Crippen molar-refractivity contribution in [2.75, 3.05) is 18.4 Å². The van der Waals surface area contributed by atoms with Crippen LogP contribution in [0.1, 0.15) is 44.0 Å². The van der Waals surface area contributed by atoms with Crippen molar-refractivity contribution in [3.8, 4) is 0 Å². The molecule has 1 aliphatic heterocycles. The molecule has 1 aromatic heterocycles. The molecule has 1 fully saturated rings. The van der Waals surface area contributed by atoms with Gasteiger partial charge in [-0.1, -0.05) is 0 Å². The number of amides is 1. The number of hydrogen-bond acceptors (Lipinski definition) is 3. The largest absolute Gasteiger partial charge is 0.370 e. The van der Waals surface area contributed by atoms with Gasteiger partial charge in [0.2, 0.25) is 0 Å². The number of rotatable bonds is 3. The van der Waals surface area contributed by atoms with Crippen molar-refractivity contribution in [1.82, 2.24) is 9.88 Å². The molecule has 2 heterocycles. The van der Waals surface area contributed by atoms with Gasteiger partial charge in [0.15, 0.2) is 0 Å². The Morgan fingerprint density at radius 2 is 2.33 bits per heavy atom. The van der Waals surface area contributed by atoms with Crippen molar-refractivity contribution in [3.63, 3.8) is 0 Å². The highest BCUT2D eigenvalue weighted by Gasteiger charge is 2.35. The molecule has 98 valence electrons. The van der Waals surface area contributed by atoms with Crippen LogP contribution in [0, 0.1) is 0 Å². The van der Waals surface area contributed by atoms with Crippen molar-refractivity contribution < 1.29 is 4.79 Å². The predicted octanol–water partition coefficient (Wildman–Crippen LogP) is 2.53. The van der Waals surface area contributed by atoms with E-state index in [1.165, 1.54) is 0 Å². The average Bonchev–Trinajstić information content (AvgIpc) is 2.69. The summed E-state index contributed by atoms with van der Waals surface area (Å²) in [7, 11) is 0. The third-order valence-corrected chi connectivity index (χ3v) is 3.51. The van der Waals surface area contributed by atoms with E-state index in [1.54, 1.807) is 12.3 Å². The second kappa shape index (κ2) is 4.96. The van der Waals surface area contributed by atoms with Crippen LogP contribution in [0.15, 0.2) is 18.3 Å². The van der Waals surface area contributed by atoms with Crippen LogP contribution in [-0.2, 0) is 0 Å². The maximum Gasteiger partial charge on any atom is 0.254 e. The molecule has 1 aliphatic rings. The Bertz CT molecular complexity index is 442. The zero-order chi connectivity index (χ0) is 13.2. The van der Waals surface area contributed by atoms with E-state index in [4.69, 9.17) is 0 Å². The fraction of sp³-hybridized carbons (Fsp3) is 0.571. The Hall–Kier alpha value is -1.58. The second-order valence-corrected chi connectivity index (χ2v) is 5.33. The number of hydrogen-bond donors (Lipinski definition) is 1. The van der Waals surface area contributed by atoms with Gasteiger partial charge in [0.1, 0.15) is 5.82 Å². The standard InChI is InChI=1S/C14H21N3O/c1-4-15-12-10-11(6-8-16-12)13(18)17-9-5-7-14(17,2)3/h6,8,10H,4-5,7,9H2,1-3H3,(H,15,16). The van der Waals surface area contributed by atoms with Gasteiger partial charge in [-0.3, -0.25) is 4.79 Å². The summed E-state index contributed by atoms with van der Waals surface area (Å²) in [5, 5.41) is 3.13. The maximum atomic E-state index is 12.5. The molecule has 0 bridgehead atoms. The van der Waals surface area contributed by atoms with Crippen LogP contribution >= 0.6 is 0 Å². The number of carbonyl (C=O) groups excluding carboxylic acids is 1. The first kappa shape index (κ1) is 12.9. The van der Waals surface area contributed by atoms with Crippen LogP contribution in [0.2, 0.25) is 0 Å². The van der Waals surface area contributed by atoms with E-state index in [1.807, 2.05) is 17.9 Å². The summed E-state index contributed by atoms with van der Waals surface area (Å²) in [5.74, 6) is 0.874. The van der Waals surface area contributed by atoms with E-state index < -0.39 is 0 Å². The Kier molecular flexibility index (Phi) is 3.55. The highest BCUT2D eigenvalue weighted by Crippen LogP contribution is 2.29. The van der Waals surface area contributed by atoms with Gasteiger partial charge in [-0.05, 0) is 45.7 Å². The number of carbonyl (C=O) groups is 1. The van der Waals surface area contributed by atoms with Crippen LogP contribution in [-0.4, -0.2) is 34.4 Å². The molecule has 4 nitrogen and oxygen atoms in total. The SMILES string of the molecule is CCNc1cc(C(=O)N2CCCC2(C)C)ccn1. The normalized spacial score (nSPS) is 17.8. The van der Waals surface area contributed by atoms with E-state index in [0.717, 1.165) is 37.3 Å². The van der Waals surface area contributed by atoms with Crippen molar-refractivity contribution >= 4 is 11.7 Å². The lowest BCUT2D eigenvalue weighted by atomic mass is 10.0. The lowest BCUT2D eigenvalue weighted by molar-refractivity contribution is 0.0652. The van der Waals surface area contributed by atoms with Gasteiger partial charge in [0, 0.05) is 30.4 Å². The minimum Gasteiger partial charge on any atom is -0.370 e. The van der Waals surface area contributed by atoms with E-state index in [-0.39, 0.29) is 11.4 Å². The van der Waals surface area contributed by atoms with E-state index >= 15 is 0 Å². The molecule has 1 N–H and O–H groups in total. The summed E-state index contributed by atoms with van der Waals surface area (Å²) in [4.78, 5) is 18.7. The number of anilines is 1. The Labute approximate surface area is 108 Å². The van der Waals surface area contributed by atoms with Gasteiger partial charge in [-0.2, -0.15) is 0 Å². The fourth-order valence-electron chi connectivity index (χ4n) is 2.48. The number of likely N-dealkylation sites (tertiary alicyclic amines) is 1. The number of pyridine rings is 1. The topological polar surface area (TPSA) is 45.2 Å². The van der Waals surface area contributed by atoms with E-state index in [0.29, 0.717) is 0 Å². The van der Waals surface area contributed by atoms with Crippen LogP contribution in [0.5, 0.6) is 0 Å². The van der Waals surface area contributed by atoms with Crippen LogP contribution < -0.4 is 5.32 Å². The summed E-state index contributed by atoms with van der Waals surface area (Å²) in [5.41, 5.74) is 0.689.